The summed E-state index contributed by atoms with van der Waals surface area (Å²) in [5.41, 5.74) is 0. The second-order valence-corrected chi connectivity index (χ2v) is 10.7. The van der Waals surface area contributed by atoms with E-state index in [1.165, 1.54) is 96.3 Å². The molecule has 5 heteroatoms. The highest BCUT2D eigenvalue weighted by atomic mass is 16.6. The molecule has 0 fully saturated rings. The maximum absolute atomic E-state index is 9.25. The number of hydrogen-bond donors (Lipinski definition) is 1. The molecule has 0 bridgehead atoms. The van der Waals surface area contributed by atoms with Crippen LogP contribution in [-0.4, -0.2) is 62.6 Å². The van der Waals surface area contributed by atoms with Crippen molar-refractivity contribution >= 4 is 0 Å². The molecule has 4 atom stereocenters. The predicted molar refractivity (Wildman–Crippen MR) is 148 cm³/mol. The molecule has 1 N–H and O–H groups in total. The lowest BCUT2D eigenvalue weighted by Crippen LogP contribution is -2.27. The van der Waals surface area contributed by atoms with Gasteiger partial charge in [0.25, 0.3) is 0 Å². The van der Waals surface area contributed by atoms with Gasteiger partial charge < -0.3 is 24.1 Å². The van der Waals surface area contributed by atoms with Gasteiger partial charge in [-0.2, -0.15) is 0 Å². The lowest BCUT2D eigenvalue weighted by Gasteiger charge is -2.20. The summed E-state index contributed by atoms with van der Waals surface area (Å²) in [5.74, 6) is 0. The van der Waals surface area contributed by atoms with Gasteiger partial charge in [-0.1, -0.05) is 103 Å². The Hall–Kier alpha value is -0.200. The molecule has 0 radical (unpaired) electrons. The number of ether oxygens (including phenoxy) is 4. The highest BCUT2D eigenvalue weighted by molar-refractivity contribution is 4.56. The van der Waals surface area contributed by atoms with Gasteiger partial charge in [0.2, 0.25) is 0 Å². The van der Waals surface area contributed by atoms with Crippen molar-refractivity contribution in [2.75, 3.05) is 33.0 Å². The van der Waals surface area contributed by atoms with Crippen LogP contribution in [0.15, 0.2) is 0 Å². The molecule has 0 saturated carbocycles. The van der Waals surface area contributed by atoms with Gasteiger partial charge in [-0.25, -0.2) is 0 Å². The molecule has 0 spiro atoms. The van der Waals surface area contributed by atoms with Gasteiger partial charge in [-0.05, 0) is 34.1 Å². The first-order valence-corrected chi connectivity index (χ1v) is 15.1. The molecule has 4 unspecified atom stereocenters. The van der Waals surface area contributed by atoms with Crippen molar-refractivity contribution in [3.05, 3.63) is 0 Å². The Balaban J connectivity index is 3.31. The minimum atomic E-state index is -0.446. The Morgan fingerprint density at radius 2 is 0.800 bits per heavy atom. The largest absolute Gasteiger partial charge is 0.391 e. The summed E-state index contributed by atoms with van der Waals surface area (Å²) in [6, 6.07) is 0. The molecule has 0 amide bonds. The van der Waals surface area contributed by atoms with E-state index in [4.69, 9.17) is 18.9 Å². The zero-order valence-corrected chi connectivity index (χ0v) is 24.2. The molecule has 212 valence electrons. The van der Waals surface area contributed by atoms with Crippen LogP contribution in [0.3, 0.4) is 0 Å². The van der Waals surface area contributed by atoms with Crippen LogP contribution in [0.4, 0.5) is 0 Å². The zero-order valence-electron chi connectivity index (χ0n) is 24.2. The molecule has 0 aromatic heterocycles. The van der Waals surface area contributed by atoms with Gasteiger partial charge in [0.05, 0.1) is 50.8 Å². The molecular formula is C30H62O5. The first-order valence-electron chi connectivity index (χ1n) is 15.1. The van der Waals surface area contributed by atoms with Crippen LogP contribution >= 0.6 is 0 Å². The van der Waals surface area contributed by atoms with Crippen LogP contribution in [0.2, 0.25) is 0 Å². The summed E-state index contributed by atoms with van der Waals surface area (Å²) in [7, 11) is 0. The Labute approximate surface area is 219 Å². The van der Waals surface area contributed by atoms with Gasteiger partial charge in [-0.15, -0.1) is 0 Å². The normalized spacial score (nSPS) is 15.3. The molecule has 0 heterocycles. The third-order valence-electron chi connectivity index (χ3n) is 6.35. The summed E-state index contributed by atoms with van der Waals surface area (Å²) in [4.78, 5) is 0. The van der Waals surface area contributed by atoms with Crippen molar-refractivity contribution in [1.82, 2.24) is 0 Å². The van der Waals surface area contributed by atoms with Crippen molar-refractivity contribution in [2.45, 2.75) is 162 Å². The Kier molecular flexibility index (Phi) is 26.7. The van der Waals surface area contributed by atoms with Crippen molar-refractivity contribution in [3.63, 3.8) is 0 Å². The third-order valence-corrected chi connectivity index (χ3v) is 6.35. The fourth-order valence-electron chi connectivity index (χ4n) is 4.05. The Morgan fingerprint density at radius 1 is 0.457 bits per heavy atom. The van der Waals surface area contributed by atoms with Crippen LogP contribution in [0.5, 0.6) is 0 Å². The van der Waals surface area contributed by atoms with E-state index >= 15 is 0 Å². The summed E-state index contributed by atoms with van der Waals surface area (Å²) in [5, 5.41) is 9.25. The van der Waals surface area contributed by atoms with Gasteiger partial charge >= 0.3 is 0 Å². The number of unbranched alkanes of at least 4 members (excludes halogenated alkanes) is 15. The van der Waals surface area contributed by atoms with Crippen LogP contribution in [0.1, 0.15) is 137 Å². The molecule has 0 aromatic rings. The smallest absolute Gasteiger partial charge is 0.0781 e. The molecule has 0 aliphatic heterocycles. The van der Waals surface area contributed by atoms with E-state index in [0.717, 1.165) is 13.0 Å². The van der Waals surface area contributed by atoms with Crippen molar-refractivity contribution in [3.8, 4) is 0 Å². The van der Waals surface area contributed by atoms with Crippen molar-refractivity contribution in [1.29, 1.82) is 0 Å². The molecule has 0 rings (SSSR count). The van der Waals surface area contributed by atoms with E-state index < -0.39 is 6.10 Å². The van der Waals surface area contributed by atoms with Gasteiger partial charge in [0.15, 0.2) is 0 Å². The zero-order chi connectivity index (χ0) is 26.0. The Morgan fingerprint density at radius 3 is 1.20 bits per heavy atom. The van der Waals surface area contributed by atoms with Crippen molar-refractivity contribution in [2.24, 2.45) is 0 Å². The molecule has 0 aromatic carbocycles. The van der Waals surface area contributed by atoms with Crippen LogP contribution in [0, 0.1) is 0 Å². The van der Waals surface area contributed by atoms with E-state index in [2.05, 4.69) is 13.8 Å². The average molecular weight is 503 g/mol. The summed E-state index contributed by atoms with van der Waals surface area (Å²) < 4.78 is 22.9. The minimum Gasteiger partial charge on any atom is -0.391 e. The number of aliphatic hydroxyl groups is 1. The fourth-order valence-corrected chi connectivity index (χ4v) is 4.05. The maximum Gasteiger partial charge on any atom is 0.0781 e. The van der Waals surface area contributed by atoms with Crippen molar-refractivity contribution < 1.29 is 24.1 Å². The molecule has 0 aliphatic rings. The highest BCUT2D eigenvalue weighted by Gasteiger charge is 2.10. The lowest BCUT2D eigenvalue weighted by molar-refractivity contribution is -0.0867. The van der Waals surface area contributed by atoms with E-state index in [0.29, 0.717) is 26.4 Å². The maximum atomic E-state index is 9.25. The highest BCUT2D eigenvalue weighted by Crippen LogP contribution is 2.13. The van der Waals surface area contributed by atoms with E-state index in [1.807, 2.05) is 13.8 Å². The Bertz CT molecular complexity index is 404. The molecule has 0 aliphatic carbocycles. The standard InChI is InChI=1S/C30H62O5/c1-6-7-8-9-10-11-12-13-14-15-16-17-18-19-20-21-22-32-24-28(3)34-26-30(5)35-25-29(4)33-23-27(2)31/h27-31H,6-26H2,1-5H3. The second kappa shape index (κ2) is 26.9. The van der Waals surface area contributed by atoms with Gasteiger partial charge in [0, 0.05) is 6.61 Å². The van der Waals surface area contributed by atoms with Gasteiger partial charge in [0.1, 0.15) is 0 Å². The molecule has 5 nitrogen and oxygen atoms in total. The number of aliphatic hydroxyl groups excluding tert-OH is 1. The lowest BCUT2D eigenvalue weighted by atomic mass is 10.0. The van der Waals surface area contributed by atoms with Crippen LogP contribution in [-0.2, 0) is 18.9 Å². The van der Waals surface area contributed by atoms with Crippen LogP contribution in [0.25, 0.3) is 0 Å². The minimum absolute atomic E-state index is 0.00960. The summed E-state index contributed by atoms with van der Waals surface area (Å²) in [6.07, 6.45) is 21.9. The second-order valence-electron chi connectivity index (χ2n) is 10.7. The summed E-state index contributed by atoms with van der Waals surface area (Å²) >= 11 is 0. The fraction of sp³-hybridized carbons (Fsp3) is 1.00. The van der Waals surface area contributed by atoms with Gasteiger partial charge in [-0.3, -0.25) is 0 Å². The number of rotatable bonds is 28. The molecule has 0 saturated heterocycles. The van der Waals surface area contributed by atoms with Crippen LogP contribution < -0.4 is 0 Å². The first-order chi connectivity index (χ1) is 17.0. The topological polar surface area (TPSA) is 57.2 Å². The van der Waals surface area contributed by atoms with E-state index in [1.54, 1.807) is 6.92 Å². The number of hydrogen-bond acceptors (Lipinski definition) is 5. The quantitative estimate of drug-likeness (QED) is 0.110. The predicted octanol–water partition coefficient (Wildman–Crippen LogP) is 7.86. The monoisotopic (exact) mass is 502 g/mol. The van der Waals surface area contributed by atoms with E-state index in [9.17, 15) is 5.11 Å². The third kappa shape index (κ3) is 28.2. The summed E-state index contributed by atoms with van der Waals surface area (Å²) in [6.45, 7) is 12.9. The first kappa shape index (κ1) is 34.8. The SMILES string of the molecule is CCCCCCCCCCCCCCCCCCOCC(C)OCC(C)OCC(C)OCC(C)O. The molecule has 35 heavy (non-hydrogen) atoms. The van der Waals surface area contributed by atoms with E-state index in [-0.39, 0.29) is 18.3 Å². The average Bonchev–Trinajstić information content (AvgIpc) is 2.84. The molecular weight excluding hydrogens is 440 g/mol.